The molecule has 0 saturated heterocycles. The van der Waals surface area contributed by atoms with Crippen molar-refractivity contribution in [3.05, 3.63) is 58.6 Å². The molecule has 0 aromatic heterocycles. The SMILES string of the molecule is O=C(O)C1CCC1C(=O)Nc1ccc(CN2C(=O)Cc3ccc(Cl)cc32)cc1. The molecular weight excluding hydrogens is 380 g/mol. The number of rotatable bonds is 5. The Morgan fingerprint density at radius 1 is 1.11 bits per heavy atom. The van der Waals surface area contributed by atoms with Gasteiger partial charge in [0.2, 0.25) is 11.8 Å². The average Bonchev–Trinajstić information content (AvgIpc) is 2.90. The lowest BCUT2D eigenvalue weighted by molar-refractivity contribution is -0.151. The highest BCUT2D eigenvalue weighted by Gasteiger charge is 2.41. The molecule has 2 unspecified atom stereocenters. The van der Waals surface area contributed by atoms with Crippen molar-refractivity contribution in [2.75, 3.05) is 10.2 Å². The van der Waals surface area contributed by atoms with E-state index in [9.17, 15) is 14.4 Å². The minimum Gasteiger partial charge on any atom is -0.481 e. The highest BCUT2D eigenvalue weighted by Crippen LogP contribution is 2.35. The summed E-state index contributed by atoms with van der Waals surface area (Å²) in [5, 5.41) is 12.4. The van der Waals surface area contributed by atoms with Crippen LogP contribution in [0.2, 0.25) is 5.02 Å². The van der Waals surface area contributed by atoms with Crippen molar-refractivity contribution in [1.29, 1.82) is 0 Å². The van der Waals surface area contributed by atoms with E-state index in [-0.39, 0.29) is 11.8 Å². The normalized spacial score (nSPS) is 20.5. The van der Waals surface area contributed by atoms with Gasteiger partial charge in [-0.25, -0.2) is 0 Å². The zero-order valence-electron chi connectivity index (χ0n) is 15.0. The Kier molecular flexibility index (Phi) is 4.81. The van der Waals surface area contributed by atoms with E-state index in [4.69, 9.17) is 16.7 Å². The predicted octanol–water partition coefficient (Wildman–Crippen LogP) is 3.48. The van der Waals surface area contributed by atoms with Gasteiger partial charge in [-0.1, -0.05) is 29.8 Å². The van der Waals surface area contributed by atoms with Crippen molar-refractivity contribution in [2.24, 2.45) is 11.8 Å². The van der Waals surface area contributed by atoms with Crippen LogP contribution in [0.3, 0.4) is 0 Å². The number of hydrogen-bond acceptors (Lipinski definition) is 3. The fraction of sp³-hybridized carbons (Fsp3) is 0.286. The minimum absolute atomic E-state index is 0.0272. The summed E-state index contributed by atoms with van der Waals surface area (Å²) in [6.45, 7) is 0.421. The topological polar surface area (TPSA) is 86.7 Å². The summed E-state index contributed by atoms with van der Waals surface area (Å²) in [5.74, 6) is -2.21. The number of halogens is 1. The molecule has 2 N–H and O–H groups in total. The Bertz CT molecular complexity index is 957. The molecule has 0 radical (unpaired) electrons. The van der Waals surface area contributed by atoms with Gasteiger partial charge in [-0.05, 0) is 48.2 Å². The van der Waals surface area contributed by atoms with Crippen molar-refractivity contribution in [3.8, 4) is 0 Å². The predicted molar refractivity (Wildman–Crippen MR) is 105 cm³/mol. The number of carboxylic acids is 1. The van der Waals surface area contributed by atoms with Crippen molar-refractivity contribution in [3.63, 3.8) is 0 Å². The van der Waals surface area contributed by atoms with Gasteiger partial charge in [0.1, 0.15) is 0 Å². The molecule has 2 aromatic carbocycles. The summed E-state index contributed by atoms with van der Waals surface area (Å²) in [6.07, 6.45) is 1.51. The van der Waals surface area contributed by atoms with Gasteiger partial charge in [-0.15, -0.1) is 0 Å². The number of carboxylic acid groups (broad SMARTS) is 1. The number of aliphatic carboxylic acids is 1. The molecule has 7 heteroatoms. The number of fused-ring (bicyclic) bond motifs is 1. The molecule has 28 heavy (non-hydrogen) atoms. The number of anilines is 2. The van der Waals surface area contributed by atoms with Crippen molar-refractivity contribution >= 4 is 40.8 Å². The molecule has 0 spiro atoms. The Hall–Kier alpha value is -2.86. The van der Waals surface area contributed by atoms with Crippen LogP contribution in [-0.2, 0) is 27.3 Å². The molecule has 2 aromatic rings. The lowest BCUT2D eigenvalue weighted by Gasteiger charge is -2.31. The van der Waals surface area contributed by atoms with Crippen LogP contribution in [0, 0.1) is 11.8 Å². The van der Waals surface area contributed by atoms with Gasteiger partial charge < -0.3 is 15.3 Å². The smallest absolute Gasteiger partial charge is 0.307 e. The molecule has 1 aliphatic carbocycles. The zero-order valence-corrected chi connectivity index (χ0v) is 15.8. The number of nitrogens with one attached hydrogen (secondary N) is 1. The fourth-order valence-corrected chi connectivity index (χ4v) is 3.89. The number of nitrogens with zero attached hydrogens (tertiary/aromatic N) is 1. The third kappa shape index (κ3) is 3.47. The van der Waals surface area contributed by atoms with Crippen LogP contribution in [-0.4, -0.2) is 22.9 Å². The van der Waals surface area contributed by atoms with Gasteiger partial charge in [0, 0.05) is 16.4 Å². The van der Waals surface area contributed by atoms with Crippen LogP contribution < -0.4 is 10.2 Å². The lowest BCUT2D eigenvalue weighted by atomic mass is 9.73. The summed E-state index contributed by atoms with van der Waals surface area (Å²) in [5.41, 5.74) is 3.33. The van der Waals surface area contributed by atoms with E-state index in [1.54, 1.807) is 29.2 Å². The molecule has 0 bridgehead atoms. The van der Waals surface area contributed by atoms with E-state index in [1.165, 1.54) is 0 Å². The molecular formula is C21H19ClN2O4. The number of amides is 2. The molecule has 1 saturated carbocycles. The number of carbonyl (C=O) groups is 3. The number of benzene rings is 2. The van der Waals surface area contributed by atoms with E-state index >= 15 is 0 Å². The second-order valence-corrected chi connectivity index (χ2v) is 7.68. The summed E-state index contributed by atoms with van der Waals surface area (Å²) in [7, 11) is 0. The highest BCUT2D eigenvalue weighted by molar-refractivity contribution is 6.31. The van der Waals surface area contributed by atoms with Gasteiger partial charge in [0.15, 0.2) is 0 Å². The van der Waals surface area contributed by atoms with Gasteiger partial charge in [0.05, 0.1) is 24.8 Å². The summed E-state index contributed by atoms with van der Waals surface area (Å²) in [4.78, 5) is 37.4. The lowest BCUT2D eigenvalue weighted by Crippen LogP contribution is -2.41. The van der Waals surface area contributed by atoms with Crippen molar-refractivity contribution < 1.29 is 19.5 Å². The molecule has 1 heterocycles. The van der Waals surface area contributed by atoms with Crippen LogP contribution in [0.4, 0.5) is 11.4 Å². The Balaban J connectivity index is 1.42. The fourth-order valence-electron chi connectivity index (χ4n) is 3.72. The second-order valence-electron chi connectivity index (χ2n) is 7.24. The van der Waals surface area contributed by atoms with Gasteiger partial charge in [-0.2, -0.15) is 0 Å². The van der Waals surface area contributed by atoms with Crippen LogP contribution in [0.5, 0.6) is 0 Å². The van der Waals surface area contributed by atoms with Crippen molar-refractivity contribution in [2.45, 2.75) is 25.8 Å². The molecule has 2 atom stereocenters. The van der Waals surface area contributed by atoms with E-state index in [0.29, 0.717) is 36.5 Å². The second kappa shape index (κ2) is 7.28. The molecule has 1 aliphatic heterocycles. The maximum atomic E-state index is 12.3. The molecule has 1 fully saturated rings. The van der Waals surface area contributed by atoms with Gasteiger partial charge in [0.25, 0.3) is 0 Å². The van der Waals surface area contributed by atoms with E-state index in [1.807, 2.05) is 18.2 Å². The Morgan fingerprint density at radius 3 is 2.46 bits per heavy atom. The van der Waals surface area contributed by atoms with E-state index < -0.39 is 17.8 Å². The standard InChI is InChI=1S/C21H19ClN2O4/c22-14-4-3-13-9-19(25)24(18(13)10-14)11-12-1-5-15(6-2-12)23-20(26)16-7-8-17(16)21(27)28/h1-6,10,16-17H,7-9,11H2,(H,23,26)(H,27,28). The monoisotopic (exact) mass is 398 g/mol. The van der Waals surface area contributed by atoms with Crippen LogP contribution in [0.25, 0.3) is 0 Å². The molecule has 4 rings (SSSR count). The number of hydrogen-bond donors (Lipinski definition) is 2. The first-order chi connectivity index (χ1) is 13.4. The molecule has 2 aliphatic rings. The van der Waals surface area contributed by atoms with Gasteiger partial charge >= 0.3 is 5.97 Å². The minimum atomic E-state index is -0.919. The summed E-state index contributed by atoms with van der Waals surface area (Å²) in [6, 6.07) is 12.7. The van der Waals surface area contributed by atoms with E-state index in [2.05, 4.69) is 5.32 Å². The van der Waals surface area contributed by atoms with E-state index in [0.717, 1.165) is 16.8 Å². The summed E-state index contributed by atoms with van der Waals surface area (Å²) < 4.78 is 0. The molecule has 144 valence electrons. The largest absolute Gasteiger partial charge is 0.481 e. The first kappa shape index (κ1) is 18.5. The molecule has 6 nitrogen and oxygen atoms in total. The third-order valence-electron chi connectivity index (χ3n) is 5.47. The summed E-state index contributed by atoms with van der Waals surface area (Å²) >= 11 is 6.07. The highest BCUT2D eigenvalue weighted by atomic mass is 35.5. The van der Waals surface area contributed by atoms with Crippen LogP contribution in [0.15, 0.2) is 42.5 Å². The van der Waals surface area contributed by atoms with Crippen LogP contribution in [0.1, 0.15) is 24.0 Å². The van der Waals surface area contributed by atoms with Gasteiger partial charge in [-0.3, -0.25) is 14.4 Å². The van der Waals surface area contributed by atoms with Crippen LogP contribution >= 0.6 is 11.6 Å². The average molecular weight is 399 g/mol. The first-order valence-electron chi connectivity index (χ1n) is 9.14. The quantitative estimate of drug-likeness (QED) is 0.807. The number of carbonyl (C=O) groups excluding carboxylic acids is 2. The zero-order chi connectivity index (χ0) is 19.8. The van der Waals surface area contributed by atoms with Crippen molar-refractivity contribution in [1.82, 2.24) is 0 Å². The third-order valence-corrected chi connectivity index (χ3v) is 5.71. The maximum Gasteiger partial charge on any atom is 0.307 e. The molecule has 2 amide bonds. The first-order valence-corrected chi connectivity index (χ1v) is 9.51. The Morgan fingerprint density at radius 2 is 1.82 bits per heavy atom. The maximum absolute atomic E-state index is 12.3. The Labute approximate surface area is 167 Å².